The summed E-state index contributed by atoms with van der Waals surface area (Å²) in [5.41, 5.74) is -0.510. The molecule has 0 aromatic heterocycles. The maximum Gasteiger partial charge on any atom is 0.313 e. The minimum absolute atomic E-state index is 0.103. The SMILES string of the molecule is C=CCCC(=O)N(C)[C@@H](C)[C@@H](OC(=O)[C@@H]1[C@@H]2CC[C@]3(O2)[C@H](C(=O)N(CC=C)C(C)C)N([C@@H](CO)CC(C)C)C(=O)[C@@H]13)c1ccccc1. The van der Waals surface area contributed by atoms with Gasteiger partial charge in [0.15, 0.2) is 0 Å². The van der Waals surface area contributed by atoms with E-state index in [1.807, 2.05) is 65.0 Å². The molecule has 0 unspecified atom stereocenters. The number of carbonyl (C=O) groups is 4. The molecule has 3 aliphatic heterocycles. The molecule has 1 N–H and O–H groups in total. The zero-order valence-electron chi connectivity index (χ0n) is 28.8. The van der Waals surface area contributed by atoms with Crippen molar-refractivity contribution in [3.8, 4) is 0 Å². The Morgan fingerprint density at radius 1 is 1.13 bits per heavy atom. The highest BCUT2D eigenvalue weighted by Gasteiger charge is 2.75. The van der Waals surface area contributed by atoms with Crippen molar-refractivity contribution < 1.29 is 33.8 Å². The molecule has 3 amide bonds. The molecule has 3 saturated heterocycles. The average Bonchev–Trinajstić information content (AvgIpc) is 3.70. The third-order valence-corrected chi connectivity index (χ3v) is 10.2. The summed E-state index contributed by atoms with van der Waals surface area (Å²) in [5, 5.41) is 10.6. The van der Waals surface area contributed by atoms with E-state index >= 15 is 0 Å². The van der Waals surface area contributed by atoms with E-state index in [4.69, 9.17) is 9.47 Å². The van der Waals surface area contributed by atoms with Gasteiger partial charge in [-0.05, 0) is 57.9 Å². The lowest BCUT2D eigenvalue weighted by atomic mass is 9.70. The van der Waals surface area contributed by atoms with E-state index in [1.165, 1.54) is 4.90 Å². The summed E-state index contributed by atoms with van der Waals surface area (Å²) in [6, 6.07) is 6.95. The Morgan fingerprint density at radius 2 is 1.81 bits per heavy atom. The van der Waals surface area contributed by atoms with Crippen molar-refractivity contribution in [1.82, 2.24) is 14.7 Å². The van der Waals surface area contributed by atoms with Crippen LogP contribution in [0.5, 0.6) is 0 Å². The van der Waals surface area contributed by atoms with E-state index < -0.39 is 53.7 Å². The van der Waals surface area contributed by atoms with Crippen molar-refractivity contribution in [1.29, 1.82) is 0 Å². The van der Waals surface area contributed by atoms with Crippen molar-refractivity contribution in [2.75, 3.05) is 20.2 Å². The molecule has 1 aromatic rings. The van der Waals surface area contributed by atoms with Gasteiger partial charge in [-0.1, -0.05) is 56.3 Å². The first-order chi connectivity index (χ1) is 22.3. The van der Waals surface area contributed by atoms with Gasteiger partial charge in [-0.25, -0.2) is 0 Å². The summed E-state index contributed by atoms with van der Waals surface area (Å²) in [6.45, 7) is 17.2. The highest BCUT2D eigenvalue weighted by Crippen LogP contribution is 2.59. The Morgan fingerprint density at radius 3 is 2.38 bits per heavy atom. The number of nitrogens with zero attached hydrogens (tertiary/aromatic N) is 3. The number of fused-ring (bicyclic) bond motifs is 1. The van der Waals surface area contributed by atoms with Crippen molar-refractivity contribution in [3.63, 3.8) is 0 Å². The standard InChI is InChI=1S/C37H53N3O7/c1-9-11-17-29(42)38(8)25(7)32(26-15-13-12-14-16-26)46-36(45)30-28-18-19-37(47-28)31(30)34(43)40(27(22-41)21-23(3)4)33(37)35(44)39(20-10-2)24(5)6/h9-10,12-16,23-25,27-28,30-33,41H,1-2,11,17-22H2,3-8H3/t25-,27+,28-,30+,31+,32+,33-,37+/m0/s1. The number of likely N-dealkylation sites (N-methyl/N-ethyl adjacent to an activating group) is 1. The molecule has 10 heteroatoms. The van der Waals surface area contributed by atoms with E-state index in [0.29, 0.717) is 25.7 Å². The Kier molecular flexibility index (Phi) is 11.7. The number of aliphatic hydroxyl groups is 1. The Bertz CT molecular complexity index is 1320. The van der Waals surface area contributed by atoms with E-state index in [-0.39, 0.29) is 49.3 Å². The van der Waals surface area contributed by atoms with Crippen LogP contribution >= 0.6 is 0 Å². The van der Waals surface area contributed by atoms with Crippen molar-refractivity contribution in [2.45, 2.75) is 109 Å². The maximum absolute atomic E-state index is 14.6. The maximum atomic E-state index is 14.6. The van der Waals surface area contributed by atoms with Crippen LogP contribution in [0.1, 0.15) is 78.4 Å². The van der Waals surface area contributed by atoms with E-state index in [9.17, 15) is 24.3 Å². The topological polar surface area (TPSA) is 117 Å². The normalized spacial score (nSPS) is 26.6. The fourth-order valence-electron chi connectivity index (χ4n) is 7.83. The number of esters is 1. The molecule has 0 saturated carbocycles. The third-order valence-electron chi connectivity index (χ3n) is 10.2. The minimum atomic E-state index is -1.23. The molecule has 0 aliphatic carbocycles. The first kappa shape index (κ1) is 36.3. The second-order valence-electron chi connectivity index (χ2n) is 14.0. The second-order valence-corrected chi connectivity index (χ2v) is 14.0. The zero-order chi connectivity index (χ0) is 34.6. The van der Waals surface area contributed by atoms with Crippen LogP contribution in [0, 0.1) is 17.8 Å². The predicted molar refractivity (Wildman–Crippen MR) is 179 cm³/mol. The Labute approximate surface area is 279 Å². The molecule has 0 radical (unpaired) electrons. The summed E-state index contributed by atoms with van der Waals surface area (Å²) in [4.78, 5) is 61.2. The molecule has 3 fully saturated rings. The van der Waals surface area contributed by atoms with Gasteiger partial charge in [0.05, 0.1) is 36.6 Å². The largest absolute Gasteiger partial charge is 0.455 e. The molecule has 1 spiro atoms. The molecule has 1 aromatic carbocycles. The second kappa shape index (κ2) is 15.2. The van der Waals surface area contributed by atoms with Crippen molar-refractivity contribution in [2.24, 2.45) is 17.8 Å². The van der Waals surface area contributed by atoms with Crippen LogP contribution in [0.3, 0.4) is 0 Å². The highest BCUT2D eigenvalue weighted by molar-refractivity contribution is 5.98. The number of likely N-dealkylation sites (tertiary alicyclic amines) is 1. The molecule has 8 atom stereocenters. The van der Waals surface area contributed by atoms with Gasteiger partial charge < -0.3 is 29.3 Å². The quantitative estimate of drug-likeness (QED) is 0.210. The summed E-state index contributed by atoms with van der Waals surface area (Å²) < 4.78 is 13.0. The smallest absolute Gasteiger partial charge is 0.313 e. The van der Waals surface area contributed by atoms with Crippen LogP contribution in [0.4, 0.5) is 0 Å². The van der Waals surface area contributed by atoms with Gasteiger partial charge in [-0.15, -0.1) is 13.2 Å². The van der Waals surface area contributed by atoms with Gasteiger partial charge in [0.2, 0.25) is 17.7 Å². The molecular weight excluding hydrogens is 598 g/mol. The lowest BCUT2D eigenvalue weighted by Gasteiger charge is -2.40. The van der Waals surface area contributed by atoms with Gasteiger partial charge in [0.25, 0.3) is 0 Å². The lowest BCUT2D eigenvalue weighted by molar-refractivity contribution is -0.165. The van der Waals surface area contributed by atoms with Gasteiger partial charge in [0, 0.05) is 26.1 Å². The third kappa shape index (κ3) is 6.90. The Hall–Kier alpha value is -3.50. The number of rotatable bonds is 16. The lowest BCUT2D eigenvalue weighted by Crippen LogP contribution is -2.59. The Balaban J connectivity index is 1.73. The van der Waals surface area contributed by atoms with E-state index in [1.54, 1.807) is 29.0 Å². The first-order valence-corrected chi connectivity index (χ1v) is 17.0. The van der Waals surface area contributed by atoms with Gasteiger partial charge in [0.1, 0.15) is 17.7 Å². The molecule has 258 valence electrons. The number of carbonyl (C=O) groups excluding carboxylic acids is 4. The number of aliphatic hydroxyl groups excluding tert-OH is 1. The van der Waals surface area contributed by atoms with Crippen LogP contribution in [-0.2, 0) is 28.7 Å². The van der Waals surface area contributed by atoms with Crippen molar-refractivity contribution in [3.05, 3.63) is 61.2 Å². The molecular formula is C37H53N3O7. The molecule has 3 heterocycles. The van der Waals surface area contributed by atoms with Gasteiger partial charge in [-0.3, -0.25) is 19.2 Å². The predicted octanol–water partition coefficient (Wildman–Crippen LogP) is 4.29. The van der Waals surface area contributed by atoms with Crippen molar-refractivity contribution >= 4 is 23.7 Å². The minimum Gasteiger partial charge on any atom is -0.455 e. The fourth-order valence-corrected chi connectivity index (χ4v) is 7.83. The molecule has 3 aliphatic rings. The summed E-state index contributed by atoms with van der Waals surface area (Å²) in [6.07, 6.45) is 4.16. The number of ether oxygens (including phenoxy) is 2. The van der Waals surface area contributed by atoms with Gasteiger partial charge in [-0.2, -0.15) is 0 Å². The number of amides is 3. The highest BCUT2D eigenvalue weighted by atomic mass is 16.6. The summed E-state index contributed by atoms with van der Waals surface area (Å²) >= 11 is 0. The van der Waals surface area contributed by atoms with Crippen LogP contribution < -0.4 is 0 Å². The van der Waals surface area contributed by atoms with E-state index in [0.717, 1.165) is 5.56 Å². The van der Waals surface area contributed by atoms with Crippen LogP contribution in [0.25, 0.3) is 0 Å². The molecule has 10 nitrogen and oxygen atoms in total. The fraction of sp³-hybridized carbons (Fsp3) is 0.622. The van der Waals surface area contributed by atoms with Gasteiger partial charge >= 0.3 is 5.97 Å². The summed E-state index contributed by atoms with van der Waals surface area (Å²) in [7, 11) is 1.69. The molecule has 4 rings (SSSR count). The number of hydrogen-bond acceptors (Lipinski definition) is 7. The summed E-state index contributed by atoms with van der Waals surface area (Å²) in [5.74, 6) is -3.08. The number of hydrogen-bond donors (Lipinski definition) is 1. The number of benzene rings is 1. The monoisotopic (exact) mass is 651 g/mol. The van der Waals surface area contributed by atoms with Crippen LogP contribution in [-0.4, -0.2) is 99.6 Å². The first-order valence-electron chi connectivity index (χ1n) is 17.0. The molecule has 47 heavy (non-hydrogen) atoms. The average molecular weight is 652 g/mol. The molecule has 2 bridgehead atoms. The van der Waals surface area contributed by atoms with E-state index in [2.05, 4.69) is 13.2 Å². The number of allylic oxidation sites excluding steroid dienone is 1. The van der Waals surface area contributed by atoms with Crippen LogP contribution in [0.2, 0.25) is 0 Å². The van der Waals surface area contributed by atoms with Crippen LogP contribution in [0.15, 0.2) is 55.6 Å². The zero-order valence-corrected chi connectivity index (χ0v) is 28.8.